The van der Waals surface area contributed by atoms with E-state index in [0.717, 1.165) is 9.99 Å². The highest BCUT2D eigenvalue weighted by Gasteiger charge is 2.09. The maximum atomic E-state index is 10.7. The Morgan fingerprint density at radius 1 is 1.57 bits per heavy atom. The van der Waals surface area contributed by atoms with Crippen molar-refractivity contribution < 1.29 is 9.90 Å². The fourth-order valence-electron chi connectivity index (χ4n) is 1.29. The zero-order valence-electron chi connectivity index (χ0n) is 7.36. The summed E-state index contributed by atoms with van der Waals surface area (Å²) in [4.78, 5) is 14.7. The van der Waals surface area contributed by atoms with Crippen molar-refractivity contribution in [3.05, 3.63) is 28.5 Å². The third kappa shape index (κ3) is 1.29. The van der Waals surface area contributed by atoms with Crippen molar-refractivity contribution in [3.63, 3.8) is 0 Å². The monoisotopic (exact) mass is 254 g/mol. The van der Waals surface area contributed by atoms with Crippen molar-refractivity contribution in [1.82, 2.24) is 9.55 Å². The van der Waals surface area contributed by atoms with Gasteiger partial charge in [0, 0.05) is 12.4 Å². The van der Waals surface area contributed by atoms with Crippen LogP contribution < -0.4 is 0 Å². The smallest absolute Gasteiger partial charge is 0.354 e. The minimum Gasteiger partial charge on any atom is -0.477 e. The molecule has 1 N–H and O–H groups in total. The van der Waals surface area contributed by atoms with Gasteiger partial charge in [0.05, 0.1) is 4.60 Å². The summed E-state index contributed by atoms with van der Waals surface area (Å²) in [5, 5.41) is 9.68. The molecule has 5 heteroatoms. The minimum atomic E-state index is -1.01. The number of hydrogen-bond donors (Lipinski definition) is 1. The van der Waals surface area contributed by atoms with Crippen molar-refractivity contribution in [3.8, 4) is 0 Å². The lowest BCUT2D eigenvalue weighted by molar-refractivity contribution is 0.0691. The van der Waals surface area contributed by atoms with Crippen molar-refractivity contribution >= 4 is 32.9 Å². The molecule has 0 amide bonds. The molecule has 2 heterocycles. The van der Waals surface area contributed by atoms with Crippen molar-refractivity contribution in [2.75, 3.05) is 0 Å². The molecule has 2 aromatic rings. The Hall–Kier alpha value is -1.36. The number of hydrogen-bond acceptors (Lipinski definition) is 2. The van der Waals surface area contributed by atoms with E-state index in [2.05, 4.69) is 20.9 Å². The highest BCUT2D eigenvalue weighted by Crippen LogP contribution is 2.21. The van der Waals surface area contributed by atoms with Crippen LogP contribution in [0.1, 0.15) is 10.5 Å². The first-order valence-corrected chi connectivity index (χ1v) is 4.74. The number of halogens is 1. The van der Waals surface area contributed by atoms with Crippen LogP contribution in [0.25, 0.3) is 11.0 Å². The molecule has 2 rings (SSSR count). The number of carboxylic acid groups (broad SMARTS) is 1. The van der Waals surface area contributed by atoms with E-state index in [1.807, 2.05) is 13.1 Å². The number of carbonyl (C=O) groups is 1. The molecule has 0 saturated heterocycles. The first-order valence-electron chi connectivity index (χ1n) is 3.95. The molecular formula is C9H7BrN2O2. The molecule has 0 bridgehead atoms. The maximum absolute atomic E-state index is 10.7. The Balaban J connectivity index is 2.76. The molecule has 0 radical (unpaired) electrons. The summed E-state index contributed by atoms with van der Waals surface area (Å²) in [5.74, 6) is -1.01. The lowest BCUT2D eigenvalue weighted by Gasteiger charge is -1.97. The van der Waals surface area contributed by atoms with Crippen LogP contribution in [0.2, 0.25) is 0 Å². The first-order chi connectivity index (χ1) is 6.59. The molecule has 0 spiro atoms. The van der Waals surface area contributed by atoms with Gasteiger partial charge in [-0.05, 0) is 34.1 Å². The number of aryl methyl sites for hydroxylation is 1. The fourth-order valence-corrected chi connectivity index (χ4v) is 1.70. The van der Waals surface area contributed by atoms with Crippen LogP contribution in [0.5, 0.6) is 0 Å². The summed E-state index contributed by atoms with van der Waals surface area (Å²) in [6, 6.07) is 5.14. The molecule has 2 aromatic heterocycles. The zero-order chi connectivity index (χ0) is 10.3. The van der Waals surface area contributed by atoms with Crippen LogP contribution >= 0.6 is 15.9 Å². The molecule has 0 aromatic carbocycles. The molecular weight excluding hydrogens is 248 g/mol. The normalized spacial score (nSPS) is 10.7. The minimum absolute atomic E-state index is 0.0613. The summed E-state index contributed by atoms with van der Waals surface area (Å²) in [6.45, 7) is 0. The van der Waals surface area contributed by atoms with Gasteiger partial charge >= 0.3 is 5.97 Å². The van der Waals surface area contributed by atoms with E-state index in [-0.39, 0.29) is 5.69 Å². The van der Waals surface area contributed by atoms with Gasteiger partial charge in [0.25, 0.3) is 0 Å². The van der Waals surface area contributed by atoms with E-state index in [9.17, 15) is 4.79 Å². The van der Waals surface area contributed by atoms with E-state index < -0.39 is 5.97 Å². The van der Waals surface area contributed by atoms with E-state index in [1.54, 1.807) is 10.6 Å². The molecule has 72 valence electrons. The highest BCUT2D eigenvalue weighted by atomic mass is 79.9. The van der Waals surface area contributed by atoms with Crippen molar-refractivity contribution in [2.45, 2.75) is 0 Å². The summed E-state index contributed by atoms with van der Waals surface area (Å²) >= 11 is 3.35. The molecule has 0 saturated carbocycles. The summed E-state index contributed by atoms with van der Waals surface area (Å²) in [6.07, 6.45) is 0. The zero-order valence-corrected chi connectivity index (χ0v) is 8.95. The van der Waals surface area contributed by atoms with E-state index >= 15 is 0 Å². The van der Waals surface area contributed by atoms with Gasteiger partial charge in [-0.3, -0.25) is 0 Å². The number of nitrogens with zero attached hydrogens (tertiary/aromatic N) is 2. The first kappa shape index (κ1) is 9.21. The molecule has 0 atom stereocenters. The number of fused-ring (bicyclic) bond motifs is 1. The maximum Gasteiger partial charge on any atom is 0.354 e. The van der Waals surface area contributed by atoms with Gasteiger partial charge in [-0.15, -0.1) is 0 Å². The van der Waals surface area contributed by atoms with Crippen LogP contribution in [0, 0.1) is 0 Å². The second-order valence-electron chi connectivity index (χ2n) is 2.94. The van der Waals surface area contributed by atoms with Gasteiger partial charge in [-0.25, -0.2) is 9.78 Å². The lowest BCUT2D eigenvalue weighted by Crippen LogP contribution is -2.01. The Morgan fingerprint density at radius 3 is 2.93 bits per heavy atom. The summed E-state index contributed by atoms with van der Waals surface area (Å²) in [5.41, 5.74) is 0.725. The number of carboxylic acids is 1. The highest BCUT2D eigenvalue weighted by molar-refractivity contribution is 9.10. The van der Waals surface area contributed by atoms with Gasteiger partial charge in [-0.1, -0.05) is 0 Å². The predicted octanol–water partition coefficient (Wildman–Crippen LogP) is 2.03. The van der Waals surface area contributed by atoms with Gasteiger partial charge in [-0.2, -0.15) is 0 Å². The van der Waals surface area contributed by atoms with Gasteiger partial charge < -0.3 is 9.67 Å². The van der Waals surface area contributed by atoms with Crippen LogP contribution in [0.4, 0.5) is 0 Å². The van der Waals surface area contributed by atoms with Gasteiger partial charge in [0.1, 0.15) is 5.65 Å². The molecule has 0 aliphatic heterocycles. The van der Waals surface area contributed by atoms with Crippen LogP contribution in [0.3, 0.4) is 0 Å². The Bertz CT molecular complexity index is 519. The number of pyridine rings is 1. The lowest BCUT2D eigenvalue weighted by atomic mass is 10.3. The van der Waals surface area contributed by atoms with Crippen LogP contribution in [-0.2, 0) is 7.05 Å². The molecule has 0 unspecified atom stereocenters. The topological polar surface area (TPSA) is 55.1 Å². The number of aromatic carboxylic acids is 1. The second-order valence-corrected chi connectivity index (χ2v) is 3.75. The quantitative estimate of drug-likeness (QED) is 0.848. The van der Waals surface area contributed by atoms with Gasteiger partial charge in [0.2, 0.25) is 0 Å². The van der Waals surface area contributed by atoms with Crippen LogP contribution in [0.15, 0.2) is 22.8 Å². The predicted molar refractivity (Wildman–Crippen MR) is 55.4 cm³/mol. The summed E-state index contributed by atoms with van der Waals surface area (Å²) < 4.78 is 2.67. The largest absolute Gasteiger partial charge is 0.477 e. The fraction of sp³-hybridized carbons (Fsp3) is 0.111. The number of aromatic nitrogens is 2. The summed E-state index contributed by atoms with van der Waals surface area (Å²) in [7, 11) is 1.82. The second kappa shape index (κ2) is 3.09. The Kier molecular flexibility index (Phi) is 2.03. The average molecular weight is 255 g/mol. The third-order valence-corrected chi connectivity index (χ3v) is 2.80. The molecule has 0 aliphatic carbocycles. The Labute approximate surface area is 88.3 Å². The average Bonchev–Trinajstić information content (AvgIpc) is 2.43. The third-order valence-electron chi connectivity index (χ3n) is 2.04. The molecule has 4 nitrogen and oxygen atoms in total. The SMILES string of the molecule is Cn1c(Br)cc2ccc(C(=O)O)nc21. The van der Waals surface area contributed by atoms with E-state index in [1.165, 1.54) is 6.07 Å². The van der Waals surface area contributed by atoms with E-state index in [4.69, 9.17) is 5.11 Å². The van der Waals surface area contributed by atoms with Crippen molar-refractivity contribution in [2.24, 2.45) is 7.05 Å². The molecule has 0 fully saturated rings. The van der Waals surface area contributed by atoms with Crippen molar-refractivity contribution in [1.29, 1.82) is 0 Å². The van der Waals surface area contributed by atoms with E-state index in [0.29, 0.717) is 5.65 Å². The van der Waals surface area contributed by atoms with Gasteiger partial charge in [0.15, 0.2) is 5.69 Å². The number of rotatable bonds is 1. The van der Waals surface area contributed by atoms with Crippen LogP contribution in [-0.4, -0.2) is 20.6 Å². The molecule has 0 aliphatic rings. The molecule has 14 heavy (non-hydrogen) atoms. The standard InChI is InChI=1S/C9H7BrN2O2/c1-12-7(10)4-5-2-3-6(9(13)14)11-8(5)12/h2-4H,1H3,(H,13,14). The Morgan fingerprint density at radius 2 is 2.29 bits per heavy atom.